The van der Waals surface area contributed by atoms with Gasteiger partial charge in [-0.1, -0.05) is 45.0 Å². The van der Waals surface area contributed by atoms with Crippen LogP contribution < -0.4 is 5.32 Å². The second-order valence-electron chi connectivity index (χ2n) is 7.90. The molecule has 162 valence electrons. The predicted molar refractivity (Wildman–Crippen MR) is 114 cm³/mol. The third kappa shape index (κ3) is 6.79. The molecule has 0 fully saturated rings. The van der Waals surface area contributed by atoms with Gasteiger partial charge in [-0.25, -0.2) is 0 Å². The van der Waals surface area contributed by atoms with E-state index in [1.165, 1.54) is 47.5 Å². The van der Waals surface area contributed by atoms with Crippen molar-refractivity contribution in [3.8, 4) is 0 Å². The van der Waals surface area contributed by atoms with Crippen molar-refractivity contribution in [2.75, 3.05) is 24.7 Å². The maximum Gasteiger partial charge on any atom is 0.418 e. The third-order valence-corrected chi connectivity index (χ3v) is 5.39. The Morgan fingerprint density at radius 1 is 1.00 bits per heavy atom. The monoisotopic (exact) mass is 438 g/mol. The molecule has 0 saturated heterocycles. The maximum absolute atomic E-state index is 13.0. The minimum absolute atomic E-state index is 0.0390. The van der Waals surface area contributed by atoms with Crippen LogP contribution in [0, 0.1) is 0 Å². The Bertz CT molecular complexity index is 890. The Hall–Kier alpha value is -2.48. The number of carbonyl (C=O) groups excluding carboxylic acids is 2. The van der Waals surface area contributed by atoms with Crippen molar-refractivity contribution in [2.45, 2.75) is 37.3 Å². The number of likely N-dealkylation sites (N-methyl/N-ethyl adjacent to an activating group) is 1. The van der Waals surface area contributed by atoms with Crippen LogP contribution in [0.2, 0.25) is 0 Å². The number of hydrogen-bond donors (Lipinski definition) is 1. The molecule has 0 bridgehead atoms. The first-order valence-electron chi connectivity index (χ1n) is 9.31. The number of alkyl halides is 3. The highest BCUT2D eigenvalue weighted by Crippen LogP contribution is 2.34. The summed E-state index contributed by atoms with van der Waals surface area (Å²) >= 11 is 1.34. The van der Waals surface area contributed by atoms with Gasteiger partial charge in [-0.15, -0.1) is 11.8 Å². The van der Waals surface area contributed by atoms with Crippen molar-refractivity contribution in [1.82, 2.24) is 4.90 Å². The van der Waals surface area contributed by atoms with Gasteiger partial charge < -0.3 is 10.2 Å². The molecule has 0 aliphatic heterocycles. The molecule has 8 heteroatoms. The Balaban J connectivity index is 1.89. The fourth-order valence-corrected chi connectivity index (χ4v) is 3.48. The minimum atomic E-state index is -4.58. The summed E-state index contributed by atoms with van der Waals surface area (Å²) in [4.78, 5) is 26.6. The molecule has 0 atom stereocenters. The third-order valence-electron chi connectivity index (χ3n) is 4.40. The van der Waals surface area contributed by atoms with Gasteiger partial charge in [0.25, 0.3) is 0 Å². The number of thioether (sulfide) groups is 1. The predicted octanol–water partition coefficient (Wildman–Crippen LogP) is 5.19. The number of halogens is 3. The van der Waals surface area contributed by atoms with Crippen LogP contribution in [0.15, 0.2) is 53.4 Å². The lowest BCUT2D eigenvalue weighted by molar-refractivity contribution is -0.137. The second kappa shape index (κ2) is 9.55. The fourth-order valence-electron chi connectivity index (χ4n) is 2.64. The zero-order valence-electron chi connectivity index (χ0n) is 17.3. The van der Waals surface area contributed by atoms with Crippen molar-refractivity contribution in [2.24, 2.45) is 0 Å². The molecular weight excluding hydrogens is 413 g/mol. The van der Waals surface area contributed by atoms with E-state index in [4.69, 9.17) is 0 Å². The summed E-state index contributed by atoms with van der Waals surface area (Å²) in [6.45, 7) is 6.01. The van der Waals surface area contributed by atoms with Crippen molar-refractivity contribution in [1.29, 1.82) is 0 Å². The van der Waals surface area contributed by atoms with Gasteiger partial charge in [0.15, 0.2) is 0 Å². The lowest BCUT2D eigenvalue weighted by Gasteiger charge is -2.19. The lowest BCUT2D eigenvalue weighted by Crippen LogP contribution is -2.36. The summed E-state index contributed by atoms with van der Waals surface area (Å²) in [5, 5.41) is 2.24. The van der Waals surface area contributed by atoms with Crippen molar-refractivity contribution in [3.05, 3.63) is 59.7 Å². The van der Waals surface area contributed by atoms with Crippen molar-refractivity contribution < 1.29 is 22.8 Å². The number of para-hydroxylation sites is 1. The average Bonchev–Trinajstić information content (AvgIpc) is 2.65. The molecule has 0 saturated carbocycles. The average molecular weight is 439 g/mol. The van der Waals surface area contributed by atoms with Gasteiger partial charge in [0.2, 0.25) is 11.8 Å². The van der Waals surface area contributed by atoms with Crippen molar-refractivity contribution >= 4 is 29.3 Å². The van der Waals surface area contributed by atoms with Crippen molar-refractivity contribution in [3.63, 3.8) is 0 Å². The maximum atomic E-state index is 13.0. The van der Waals surface area contributed by atoms with E-state index in [0.717, 1.165) is 11.0 Å². The van der Waals surface area contributed by atoms with Gasteiger partial charge in [-0.3, -0.25) is 9.59 Å². The van der Waals surface area contributed by atoms with E-state index in [1.807, 2.05) is 24.3 Å². The summed E-state index contributed by atoms with van der Waals surface area (Å²) in [6, 6.07) is 12.6. The molecule has 0 aliphatic rings. The highest BCUT2D eigenvalue weighted by atomic mass is 32.2. The van der Waals surface area contributed by atoms with Crippen LogP contribution in [0.4, 0.5) is 18.9 Å². The van der Waals surface area contributed by atoms with Crippen LogP contribution in [-0.2, 0) is 21.2 Å². The molecule has 30 heavy (non-hydrogen) atoms. The molecule has 2 amide bonds. The summed E-state index contributed by atoms with van der Waals surface area (Å²) in [5.74, 6) is -0.862. The smallest absolute Gasteiger partial charge is 0.336 e. The largest absolute Gasteiger partial charge is 0.418 e. The van der Waals surface area contributed by atoms with E-state index in [0.29, 0.717) is 0 Å². The Morgan fingerprint density at radius 3 is 2.17 bits per heavy atom. The Kier molecular flexibility index (Phi) is 7.58. The first kappa shape index (κ1) is 23.8. The van der Waals surface area contributed by atoms with E-state index in [1.54, 1.807) is 0 Å². The molecule has 4 nitrogen and oxygen atoms in total. The second-order valence-corrected chi connectivity index (χ2v) is 8.95. The van der Waals surface area contributed by atoms with Crippen LogP contribution >= 0.6 is 11.8 Å². The fraction of sp³-hybridized carbons (Fsp3) is 0.364. The lowest BCUT2D eigenvalue weighted by atomic mass is 9.87. The molecule has 2 aromatic rings. The number of carbonyl (C=O) groups is 2. The summed E-state index contributed by atoms with van der Waals surface area (Å²) < 4.78 is 39.1. The standard InChI is InChI=1S/C22H25F3N2O2S/c1-21(2,3)15-9-11-16(12-10-15)30-14-20(29)27(4)13-19(28)26-18-8-6-5-7-17(18)22(23,24)25/h5-12H,13-14H2,1-4H3,(H,26,28). The van der Waals surface area contributed by atoms with Crippen LogP contribution in [0.5, 0.6) is 0 Å². The number of amides is 2. The first-order valence-corrected chi connectivity index (χ1v) is 10.3. The molecule has 0 unspecified atom stereocenters. The number of rotatable bonds is 6. The molecule has 2 rings (SSSR count). The molecule has 0 radical (unpaired) electrons. The molecule has 0 aromatic heterocycles. The van der Waals surface area contributed by atoms with Crippen LogP contribution in [0.1, 0.15) is 31.9 Å². The van der Waals surface area contributed by atoms with Gasteiger partial charge in [-0.2, -0.15) is 13.2 Å². The SMILES string of the molecule is CN(CC(=O)Nc1ccccc1C(F)(F)F)C(=O)CSc1ccc(C(C)(C)C)cc1. The Morgan fingerprint density at radius 2 is 1.60 bits per heavy atom. The number of nitrogens with zero attached hydrogens (tertiary/aromatic N) is 1. The van der Waals surface area contributed by atoms with Gasteiger partial charge in [-0.05, 0) is 35.2 Å². The highest BCUT2D eigenvalue weighted by molar-refractivity contribution is 8.00. The van der Waals surface area contributed by atoms with Gasteiger partial charge >= 0.3 is 6.18 Å². The van der Waals surface area contributed by atoms with E-state index >= 15 is 0 Å². The minimum Gasteiger partial charge on any atom is -0.336 e. The summed E-state index contributed by atoms with van der Waals surface area (Å²) in [5.41, 5.74) is -0.0333. The molecule has 0 aliphatic carbocycles. The number of anilines is 1. The van der Waals surface area contributed by atoms with Gasteiger partial charge in [0, 0.05) is 11.9 Å². The normalized spacial score (nSPS) is 11.8. The number of nitrogens with one attached hydrogen (secondary N) is 1. The quantitative estimate of drug-likeness (QED) is 0.632. The van der Waals surface area contributed by atoms with Crippen LogP contribution in [0.3, 0.4) is 0 Å². The van der Waals surface area contributed by atoms with Crippen LogP contribution in [0.25, 0.3) is 0 Å². The topological polar surface area (TPSA) is 49.4 Å². The molecule has 0 heterocycles. The van der Waals surface area contributed by atoms with Crippen LogP contribution in [-0.4, -0.2) is 36.1 Å². The van der Waals surface area contributed by atoms with E-state index in [9.17, 15) is 22.8 Å². The van der Waals surface area contributed by atoms with E-state index in [2.05, 4.69) is 26.1 Å². The summed E-state index contributed by atoms with van der Waals surface area (Å²) in [6.07, 6.45) is -4.58. The van der Waals surface area contributed by atoms with E-state index < -0.39 is 17.6 Å². The zero-order valence-corrected chi connectivity index (χ0v) is 18.2. The van der Waals surface area contributed by atoms with Gasteiger partial charge in [0.05, 0.1) is 23.5 Å². The first-order chi connectivity index (χ1) is 13.9. The summed E-state index contributed by atoms with van der Waals surface area (Å²) in [7, 11) is 1.45. The highest BCUT2D eigenvalue weighted by Gasteiger charge is 2.33. The van der Waals surface area contributed by atoms with E-state index in [-0.39, 0.29) is 29.3 Å². The Labute approximate surface area is 178 Å². The molecular formula is C22H25F3N2O2S. The number of hydrogen-bond acceptors (Lipinski definition) is 3. The zero-order chi connectivity index (χ0) is 22.5. The van der Waals surface area contributed by atoms with Gasteiger partial charge in [0.1, 0.15) is 0 Å². The molecule has 0 spiro atoms. The number of benzene rings is 2. The molecule has 2 aromatic carbocycles. The molecule has 1 N–H and O–H groups in total.